The molecule has 0 saturated heterocycles. The molecular weight excluding hydrogens is 254 g/mol. The van der Waals surface area contributed by atoms with E-state index in [0.29, 0.717) is 6.42 Å². The van der Waals surface area contributed by atoms with E-state index in [4.69, 9.17) is 10.8 Å². The van der Waals surface area contributed by atoms with Gasteiger partial charge in [-0.05, 0) is 26.3 Å². The smallest absolute Gasteiger partial charge is 0.246 e. The van der Waals surface area contributed by atoms with Gasteiger partial charge in [0.15, 0.2) is 0 Å². The van der Waals surface area contributed by atoms with E-state index in [1.54, 1.807) is 13.8 Å². The van der Waals surface area contributed by atoms with Gasteiger partial charge in [-0.1, -0.05) is 0 Å². The highest BCUT2D eigenvalue weighted by Gasteiger charge is 2.28. The van der Waals surface area contributed by atoms with Crippen molar-refractivity contribution in [2.45, 2.75) is 31.2 Å². The third-order valence-corrected chi connectivity index (χ3v) is 4.63. The van der Waals surface area contributed by atoms with Crippen LogP contribution in [-0.2, 0) is 10.0 Å². The molecule has 0 saturated carbocycles. The van der Waals surface area contributed by atoms with Gasteiger partial charge in [0, 0.05) is 31.6 Å². The van der Waals surface area contributed by atoms with Crippen molar-refractivity contribution in [1.29, 1.82) is 0 Å². The van der Waals surface area contributed by atoms with Gasteiger partial charge in [-0.25, -0.2) is 8.42 Å². The molecule has 1 heterocycles. The normalized spacial score (nSPS) is 12.3. The predicted molar refractivity (Wildman–Crippen MR) is 69.4 cm³/mol. The van der Waals surface area contributed by atoms with Gasteiger partial charge in [-0.2, -0.15) is 4.31 Å². The summed E-state index contributed by atoms with van der Waals surface area (Å²) in [6, 6.07) is 1.25. The van der Waals surface area contributed by atoms with E-state index in [-0.39, 0.29) is 29.8 Å². The molecule has 18 heavy (non-hydrogen) atoms. The minimum Gasteiger partial charge on any atom is -0.398 e. The van der Waals surface area contributed by atoms with Crippen molar-refractivity contribution in [3.8, 4) is 0 Å². The number of rotatable bonds is 6. The predicted octanol–water partition coefficient (Wildman–Crippen LogP) is 0.445. The zero-order valence-electron chi connectivity index (χ0n) is 10.6. The van der Waals surface area contributed by atoms with Crippen LogP contribution < -0.4 is 5.73 Å². The first-order valence-electron chi connectivity index (χ1n) is 5.73. The van der Waals surface area contributed by atoms with Crippen LogP contribution in [0.5, 0.6) is 0 Å². The van der Waals surface area contributed by atoms with Crippen molar-refractivity contribution in [1.82, 2.24) is 9.29 Å². The highest BCUT2D eigenvalue weighted by atomic mass is 32.2. The van der Waals surface area contributed by atoms with Crippen LogP contribution in [0.3, 0.4) is 0 Å². The van der Waals surface area contributed by atoms with Gasteiger partial charge in [-0.15, -0.1) is 0 Å². The molecule has 0 amide bonds. The minimum atomic E-state index is -3.67. The Morgan fingerprint density at radius 1 is 1.50 bits per heavy atom. The van der Waals surface area contributed by atoms with Crippen molar-refractivity contribution in [3.63, 3.8) is 0 Å². The van der Waals surface area contributed by atoms with Gasteiger partial charge in [-0.3, -0.25) is 4.98 Å². The molecule has 1 aromatic rings. The van der Waals surface area contributed by atoms with Gasteiger partial charge in [0.2, 0.25) is 10.0 Å². The third kappa shape index (κ3) is 3.18. The van der Waals surface area contributed by atoms with Crippen LogP contribution in [0, 0.1) is 0 Å². The summed E-state index contributed by atoms with van der Waals surface area (Å²) in [5.41, 5.74) is 5.86. The molecule has 3 N–H and O–H groups in total. The summed E-state index contributed by atoms with van der Waals surface area (Å²) in [5.74, 6) is 0. The van der Waals surface area contributed by atoms with Crippen molar-refractivity contribution in [2.24, 2.45) is 0 Å². The molecule has 0 aliphatic heterocycles. The van der Waals surface area contributed by atoms with Crippen LogP contribution in [0.15, 0.2) is 23.4 Å². The van der Waals surface area contributed by atoms with Crippen LogP contribution in [0.25, 0.3) is 0 Å². The monoisotopic (exact) mass is 273 g/mol. The minimum absolute atomic E-state index is 0.0108. The van der Waals surface area contributed by atoms with Gasteiger partial charge >= 0.3 is 0 Å². The standard InChI is InChI=1S/C11H19N3O3S/c1-9(2)14(6-3-7-15)18(16,17)11-8-13-5-4-10(11)12/h4-5,8-9,15H,3,6-7H2,1-2H3,(H2,12,13). The zero-order valence-corrected chi connectivity index (χ0v) is 11.4. The Kier molecular flexibility index (Phi) is 5.06. The van der Waals surface area contributed by atoms with Crippen LogP contribution >= 0.6 is 0 Å². The molecule has 1 aromatic heterocycles. The van der Waals surface area contributed by atoms with Crippen molar-refractivity contribution < 1.29 is 13.5 Å². The van der Waals surface area contributed by atoms with E-state index < -0.39 is 10.0 Å². The summed E-state index contributed by atoms with van der Waals surface area (Å²) in [7, 11) is -3.67. The SMILES string of the molecule is CC(C)N(CCCO)S(=O)(=O)c1cnccc1N. The first kappa shape index (κ1) is 14.9. The third-order valence-electron chi connectivity index (χ3n) is 2.52. The number of nitrogens with two attached hydrogens (primary N) is 1. The fourth-order valence-corrected chi connectivity index (χ4v) is 3.35. The lowest BCUT2D eigenvalue weighted by molar-refractivity contribution is 0.258. The molecule has 0 unspecified atom stereocenters. The average molecular weight is 273 g/mol. The van der Waals surface area contributed by atoms with Crippen LogP contribution in [-0.4, -0.2) is 42.0 Å². The van der Waals surface area contributed by atoms with Gasteiger partial charge < -0.3 is 10.8 Å². The number of pyridine rings is 1. The maximum Gasteiger partial charge on any atom is 0.246 e. The Bertz CT molecular complexity index is 488. The lowest BCUT2D eigenvalue weighted by atomic mass is 10.3. The number of nitrogen functional groups attached to an aromatic ring is 1. The summed E-state index contributed by atoms with van der Waals surface area (Å²) >= 11 is 0. The van der Waals surface area contributed by atoms with Gasteiger partial charge in [0.1, 0.15) is 4.90 Å². The van der Waals surface area contributed by atoms with Crippen LogP contribution in [0.2, 0.25) is 0 Å². The molecule has 7 heteroatoms. The topological polar surface area (TPSA) is 96.5 Å². The maximum absolute atomic E-state index is 12.4. The summed E-state index contributed by atoms with van der Waals surface area (Å²) in [4.78, 5) is 3.81. The van der Waals surface area contributed by atoms with Crippen molar-refractivity contribution in [2.75, 3.05) is 18.9 Å². The Labute approximate surface area is 107 Å². The van der Waals surface area contributed by atoms with E-state index in [1.807, 2.05) is 0 Å². The second-order valence-electron chi connectivity index (χ2n) is 4.20. The van der Waals surface area contributed by atoms with Crippen molar-refractivity contribution in [3.05, 3.63) is 18.5 Å². The quantitative estimate of drug-likeness (QED) is 0.784. The second kappa shape index (κ2) is 6.12. The van der Waals surface area contributed by atoms with Gasteiger partial charge in [0.05, 0.1) is 5.69 Å². The first-order chi connectivity index (χ1) is 8.41. The first-order valence-corrected chi connectivity index (χ1v) is 7.17. The summed E-state index contributed by atoms with van der Waals surface area (Å²) in [6.45, 7) is 3.76. The molecule has 0 radical (unpaired) electrons. The molecule has 0 spiro atoms. The number of aromatic nitrogens is 1. The zero-order chi connectivity index (χ0) is 13.8. The second-order valence-corrected chi connectivity index (χ2v) is 6.06. The number of sulfonamides is 1. The molecule has 0 atom stereocenters. The largest absolute Gasteiger partial charge is 0.398 e. The molecule has 1 rings (SSSR count). The molecule has 6 nitrogen and oxygen atoms in total. The number of hydrogen-bond donors (Lipinski definition) is 2. The number of hydrogen-bond acceptors (Lipinski definition) is 5. The fourth-order valence-electron chi connectivity index (χ4n) is 1.62. The molecule has 0 bridgehead atoms. The highest BCUT2D eigenvalue weighted by Crippen LogP contribution is 2.22. The van der Waals surface area contributed by atoms with E-state index in [9.17, 15) is 8.42 Å². The summed E-state index contributed by atoms with van der Waals surface area (Å²) in [6.07, 6.45) is 3.08. The average Bonchev–Trinajstić information content (AvgIpc) is 2.29. The van der Waals surface area contributed by atoms with Crippen LogP contribution in [0.4, 0.5) is 5.69 Å². The van der Waals surface area contributed by atoms with Crippen LogP contribution in [0.1, 0.15) is 20.3 Å². The van der Waals surface area contributed by atoms with E-state index in [1.165, 1.54) is 22.8 Å². The molecular formula is C11H19N3O3S. The summed E-state index contributed by atoms with van der Waals surface area (Å²) in [5, 5.41) is 8.83. The Morgan fingerprint density at radius 3 is 2.67 bits per heavy atom. The maximum atomic E-state index is 12.4. The van der Waals surface area contributed by atoms with Gasteiger partial charge in [0.25, 0.3) is 0 Å². The Balaban J connectivity index is 3.14. The molecule has 0 fully saturated rings. The molecule has 0 aliphatic carbocycles. The van der Waals surface area contributed by atoms with E-state index in [0.717, 1.165) is 0 Å². The molecule has 0 aliphatic rings. The number of nitrogens with zero attached hydrogens (tertiary/aromatic N) is 2. The van der Waals surface area contributed by atoms with E-state index >= 15 is 0 Å². The summed E-state index contributed by atoms with van der Waals surface area (Å²) < 4.78 is 26.2. The fraction of sp³-hybridized carbons (Fsp3) is 0.545. The lowest BCUT2D eigenvalue weighted by Crippen LogP contribution is -2.38. The Morgan fingerprint density at radius 2 is 2.17 bits per heavy atom. The van der Waals surface area contributed by atoms with Crippen molar-refractivity contribution >= 4 is 15.7 Å². The van der Waals surface area contributed by atoms with E-state index in [2.05, 4.69) is 4.98 Å². The highest BCUT2D eigenvalue weighted by molar-refractivity contribution is 7.89. The number of anilines is 1. The number of aliphatic hydroxyl groups is 1. The Hall–Kier alpha value is -1.18. The number of aliphatic hydroxyl groups excluding tert-OH is 1. The lowest BCUT2D eigenvalue weighted by Gasteiger charge is -2.26. The molecule has 102 valence electrons. The molecule has 0 aromatic carbocycles.